The van der Waals surface area contributed by atoms with Crippen LogP contribution >= 0.6 is 0 Å². The number of carbonyl (C=O) groups is 1. The largest absolute Gasteiger partial charge is 0.390 e. The molecule has 2 heterocycles. The number of nitrogens with zero attached hydrogens (tertiary/aromatic N) is 5. The summed E-state index contributed by atoms with van der Waals surface area (Å²) in [6.45, 7) is 2.92. The molecule has 1 aromatic heterocycles. The molecule has 2 aromatic rings. The lowest BCUT2D eigenvalue weighted by Gasteiger charge is -2.21. The highest BCUT2D eigenvalue weighted by molar-refractivity contribution is 5.76. The van der Waals surface area contributed by atoms with Crippen LogP contribution in [0.4, 0.5) is 0 Å². The van der Waals surface area contributed by atoms with Gasteiger partial charge in [-0.25, -0.2) is 9.48 Å². The van der Waals surface area contributed by atoms with Crippen molar-refractivity contribution in [3.63, 3.8) is 0 Å². The van der Waals surface area contributed by atoms with Crippen LogP contribution in [0.15, 0.2) is 35.1 Å². The third-order valence-electron chi connectivity index (χ3n) is 5.13. The minimum absolute atomic E-state index is 0.0872. The van der Waals surface area contributed by atoms with Gasteiger partial charge in [0.05, 0.1) is 12.1 Å². The van der Waals surface area contributed by atoms with E-state index in [1.54, 1.807) is 16.4 Å². The van der Waals surface area contributed by atoms with Gasteiger partial charge in [0.25, 0.3) is 0 Å². The van der Waals surface area contributed by atoms with Gasteiger partial charge in [-0.15, -0.1) is 0 Å². The van der Waals surface area contributed by atoms with Crippen molar-refractivity contribution in [1.29, 1.82) is 0 Å². The number of aryl methyl sites for hydroxylation is 2. The molecule has 27 heavy (non-hydrogen) atoms. The molecule has 1 amide bonds. The lowest BCUT2D eigenvalue weighted by Crippen LogP contribution is -2.39. The van der Waals surface area contributed by atoms with Crippen LogP contribution in [-0.2, 0) is 24.3 Å². The summed E-state index contributed by atoms with van der Waals surface area (Å²) in [6, 6.07) is 9.86. The van der Waals surface area contributed by atoms with Gasteiger partial charge in [-0.2, -0.15) is 5.10 Å². The zero-order chi connectivity index (χ0) is 19.6. The van der Waals surface area contributed by atoms with Gasteiger partial charge in [-0.1, -0.05) is 30.3 Å². The van der Waals surface area contributed by atoms with Crippen molar-refractivity contribution in [1.82, 2.24) is 24.1 Å². The van der Waals surface area contributed by atoms with Crippen LogP contribution in [0.2, 0.25) is 0 Å². The SMILES string of the molecule is Cc1nn(CC(=O)N2C[C@H](O)[C@@H](N(C)C)C2)c(=O)n1CCc1ccccc1. The summed E-state index contributed by atoms with van der Waals surface area (Å²) in [5, 5.41) is 14.4. The molecular weight excluding hydrogens is 346 g/mol. The quantitative estimate of drug-likeness (QED) is 0.754. The second-order valence-corrected chi connectivity index (χ2v) is 7.27. The molecule has 8 heteroatoms. The van der Waals surface area contributed by atoms with Crippen molar-refractivity contribution in [2.45, 2.75) is 38.6 Å². The number of likely N-dealkylation sites (tertiary alicyclic amines) is 1. The third-order valence-corrected chi connectivity index (χ3v) is 5.13. The Morgan fingerprint density at radius 3 is 2.59 bits per heavy atom. The minimum Gasteiger partial charge on any atom is -0.390 e. The molecule has 0 spiro atoms. The molecule has 1 aromatic carbocycles. The van der Waals surface area contributed by atoms with Crippen LogP contribution in [-0.4, -0.2) is 74.5 Å². The topological polar surface area (TPSA) is 83.6 Å². The van der Waals surface area contributed by atoms with Gasteiger partial charge in [-0.05, 0) is 33.0 Å². The van der Waals surface area contributed by atoms with E-state index in [1.807, 2.05) is 49.3 Å². The number of aliphatic hydroxyl groups excluding tert-OH is 1. The molecule has 0 saturated carbocycles. The molecule has 0 aliphatic carbocycles. The van der Waals surface area contributed by atoms with E-state index < -0.39 is 6.10 Å². The van der Waals surface area contributed by atoms with Gasteiger partial charge in [0.2, 0.25) is 5.91 Å². The minimum atomic E-state index is -0.578. The summed E-state index contributed by atoms with van der Waals surface area (Å²) in [7, 11) is 3.76. The first-order chi connectivity index (χ1) is 12.9. The fourth-order valence-corrected chi connectivity index (χ4v) is 3.50. The second kappa shape index (κ2) is 8.06. The highest BCUT2D eigenvalue weighted by Crippen LogP contribution is 2.14. The Kier molecular flexibility index (Phi) is 5.76. The molecule has 0 radical (unpaired) electrons. The molecule has 1 aliphatic rings. The maximum absolute atomic E-state index is 12.6. The van der Waals surface area contributed by atoms with Crippen molar-refractivity contribution in [3.8, 4) is 0 Å². The van der Waals surface area contributed by atoms with E-state index in [2.05, 4.69) is 5.10 Å². The van der Waals surface area contributed by atoms with E-state index in [1.165, 1.54) is 4.68 Å². The Morgan fingerprint density at radius 1 is 1.26 bits per heavy atom. The summed E-state index contributed by atoms with van der Waals surface area (Å²) in [5.74, 6) is 0.393. The fraction of sp³-hybridized carbons (Fsp3) is 0.526. The van der Waals surface area contributed by atoms with E-state index in [0.717, 1.165) is 12.0 Å². The molecule has 1 aliphatic heterocycles. The lowest BCUT2D eigenvalue weighted by molar-refractivity contribution is -0.131. The molecular formula is C19H27N5O3. The first-order valence-electron chi connectivity index (χ1n) is 9.17. The van der Waals surface area contributed by atoms with Crippen LogP contribution in [0.5, 0.6) is 0 Å². The number of hydrogen-bond donors (Lipinski definition) is 1. The standard InChI is InChI=1S/C19H27N5O3/c1-14-20-24(13-18(26)22-11-16(21(2)3)17(25)12-22)19(27)23(14)10-9-15-7-5-4-6-8-15/h4-8,16-17,25H,9-13H2,1-3H3/t16-,17-/m0/s1. The third kappa shape index (κ3) is 4.28. The molecule has 0 unspecified atom stereocenters. The summed E-state index contributed by atoms with van der Waals surface area (Å²) in [4.78, 5) is 28.7. The number of likely N-dealkylation sites (N-methyl/N-ethyl adjacent to an activating group) is 1. The van der Waals surface area contributed by atoms with Crippen LogP contribution in [0, 0.1) is 6.92 Å². The maximum atomic E-state index is 12.6. The lowest BCUT2D eigenvalue weighted by atomic mass is 10.1. The number of amides is 1. The predicted octanol–water partition coefficient (Wildman–Crippen LogP) is -0.271. The molecule has 8 nitrogen and oxygen atoms in total. The second-order valence-electron chi connectivity index (χ2n) is 7.27. The normalized spacial score (nSPS) is 19.8. The van der Waals surface area contributed by atoms with E-state index >= 15 is 0 Å². The average Bonchev–Trinajstić information content (AvgIpc) is 3.15. The number of β-amino-alcohol motifs (C(OH)–C–C–N with tert-alkyl or cyclic N) is 1. The zero-order valence-corrected chi connectivity index (χ0v) is 16.1. The van der Waals surface area contributed by atoms with E-state index in [4.69, 9.17) is 0 Å². The highest BCUT2D eigenvalue weighted by atomic mass is 16.3. The van der Waals surface area contributed by atoms with Crippen LogP contribution in [0.3, 0.4) is 0 Å². The Labute approximate surface area is 158 Å². The van der Waals surface area contributed by atoms with Crippen molar-refractivity contribution < 1.29 is 9.90 Å². The fourth-order valence-electron chi connectivity index (χ4n) is 3.50. The monoisotopic (exact) mass is 373 g/mol. The van der Waals surface area contributed by atoms with Crippen molar-refractivity contribution in [2.24, 2.45) is 0 Å². The first kappa shape index (κ1) is 19.3. The van der Waals surface area contributed by atoms with Gasteiger partial charge < -0.3 is 14.9 Å². The maximum Gasteiger partial charge on any atom is 0.346 e. The Balaban J connectivity index is 1.66. The summed E-state index contributed by atoms with van der Waals surface area (Å²) < 4.78 is 2.82. The van der Waals surface area contributed by atoms with Gasteiger partial charge in [0.15, 0.2) is 0 Å². The Bertz CT molecular complexity index is 843. The molecule has 1 N–H and O–H groups in total. The number of aromatic nitrogens is 3. The van der Waals surface area contributed by atoms with E-state index in [-0.39, 0.29) is 30.7 Å². The Morgan fingerprint density at radius 2 is 1.96 bits per heavy atom. The van der Waals surface area contributed by atoms with Gasteiger partial charge >= 0.3 is 5.69 Å². The summed E-state index contributed by atoms with van der Waals surface area (Å²) in [5.41, 5.74) is 0.870. The molecule has 2 atom stereocenters. The van der Waals surface area contributed by atoms with Crippen LogP contribution in [0.1, 0.15) is 11.4 Å². The van der Waals surface area contributed by atoms with Crippen LogP contribution in [0.25, 0.3) is 0 Å². The predicted molar refractivity (Wildman–Crippen MR) is 101 cm³/mol. The molecule has 1 saturated heterocycles. The van der Waals surface area contributed by atoms with Crippen LogP contribution < -0.4 is 5.69 Å². The smallest absolute Gasteiger partial charge is 0.346 e. The van der Waals surface area contributed by atoms with Gasteiger partial charge in [0.1, 0.15) is 12.4 Å². The zero-order valence-electron chi connectivity index (χ0n) is 16.1. The van der Waals surface area contributed by atoms with Gasteiger partial charge in [-0.3, -0.25) is 9.36 Å². The van der Waals surface area contributed by atoms with Crippen molar-refractivity contribution >= 4 is 5.91 Å². The van der Waals surface area contributed by atoms with E-state index in [0.29, 0.717) is 18.9 Å². The van der Waals surface area contributed by atoms with Crippen molar-refractivity contribution in [3.05, 3.63) is 52.2 Å². The van der Waals surface area contributed by atoms with Gasteiger partial charge in [0, 0.05) is 19.6 Å². The number of hydrogen-bond acceptors (Lipinski definition) is 5. The molecule has 0 bridgehead atoms. The molecule has 1 fully saturated rings. The molecule has 3 rings (SSSR count). The number of benzene rings is 1. The Hall–Kier alpha value is -2.45. The highest BCUT2D eigenvalue weighted by Gasteiger charge is 2.35. The first-order valence-corrected chi connectivity index (χ1v) is 9.17. The number of carbonyl (C=O) groups excluding carboxylic acids is 1. The molecule has 146 valence electrons. The average molecular weight is 373 g/mol. The summed E-state index contributed by atoms with van der Waals surface area (Å²) in [6.07, 6.45) is 0.148. The number of aliphatic hydroxyl groups is 1. The summed E-state index contributed by atoms with van der Waals surface area (Å²) >= 11 is 0. The number of rotatable bonds is 6. The van der Waals surface area contributed by atoms with E-state index in [9.17, 15) is 14.7 Å². The van der Waals surface area contributed by atoms with Crippen molar-refractivity contribution in [2.75, 3.05) is 27.2 Å².